The molecule has 4 heteroatoms. The van der Waals surface area contributed by atoms with Crippen molar-refractivity contribution in [3.8, 4) is 0 Å². The van der Waals surface area contributed by atoms with Crippen LogP contribution in [0.4, 0.5) is 0 Å². The summed E-state index contributed by atoms with van der Waals surface area (Å²) in [5, 5.41) is 8.80. The van der Waals surface area contributed by atoms with Gasteiger partial charge in [-0.25, -0.2) is 8.42 Å². The zero-order chi connectivity index (χ0) is 13.3. The molecule has 0 saturated heterocycles. The molecule has 0 saturated carbocycles. The molecule has 0 heterocycles. The summed E-state index contributed by atoms with van der Waals surface area (Å²) in [7, 11) is -2.96. The third kappa shape index (κ3) is 2.75. The molecule has 0 amide bonds. The van der Waals surface area contributed by atoms with Crippen LogP contribution < -0.4 is 0 Å². The fourth-order valence-electron chi connectivity index (χ4n) is 2.50. The molecule has 0 unspecified atom stereocenters. The van der Waals surface area contributed by atoms with Crippen molar-refractivity contribution in [1.82, 2.24) is 0 Å². The van der Waals surface area contributed by atoms with Crippen LogP contribution >= 0.6 is 0 Å². The highest BCUT2D eigenvalue weighted by Crippen LogP contribution is 2.29. The molecule has 1 aliphatic carbocycles. The molecular weight excluding hydrogens is 248 g/mol. The smallest absolute Gasteiger partial charge is 0.152 e. The normalized spacial score (nSPS) is 19.2. The van der Waals surface area contributed by atoms with Crippen LogP contribution in [0.1, 0.15) is 30.5 Å². The van der Waals surface area contributed by atoms with Crippen LogP contribution in [0.3, 0.4) is 0 Å². The van der Waals surface area contributed by atoms with E-state index in [1.807, 2.05) is 18.2 Å². The molecule has 0 aliphatic heterocycles. The standard InChI is InChI=1S/C14H20O3S/c1-10(2)18(16,17)9-12-6-13-4-3-11(8-15)5-14(13)7-12/h3-5,10,12,15H,6-9H2,1-2H3/t12-/m0/s1. The topological polar surface area (TPSA) is 54.4 Å². The second-order valence-electron chi connectivity index (χ2n) is 5.41. The minimum atomic E-state index is -2.96. The molecule has 1 aromatic carbocycles. The predicted octanol–water partition coefficient (Wildman–Crippen LogP) is 1.72. The van der Waals surface area contributed by atoms with Crippen LogP contribution in [-0.4, -0.2) is 24.5 Å². The van der Waals surface area contributed by atoms with E-state index < -0.39 is 9.84 Å². The number of sulfone groups is 1. The summed E-state index contributed by atoms with van der Waals surface area (Å²) >= 11 is 0. The maximum Gasteiger partial charge on any atom is 0.152 e. The number of rotatable bonds is 4. The van der Waals surface area contributed by atoms with E-state index in [1.54, 1.807) is 13.8 Å². The van der Waals surface area contributed by atoms with Gasteiger partial charge in [-0.2, -0.15) is 0 Å². The molecule has 1 aliphatic rings. The summed E-state index contributed by atoms with van der Waals surface area (Å²) in [6.45, 7) is 3.52. The predicted molar refractivity (Wildman–Crippen MR) is 72.2 cm³/mol. The zero-order valence-electron chi connectivity index (χ0n) is 10.9. The van der Waals surface area contributed by atoms with Gasteiger partial charge in [0.2, 0.25) is 0 Å². The van der Waals surface area contributed by atoms with Crippen molar-refractivity contribution in [1.29, 1.82) is 0 Å². The van der Waals surface area contributed by atoms with Gasteiger partial charge in [0.25, 0.3) is 0 Å². The van der Waals surface area contributed by atoms with E-state index in [2.05, 4.69) is 0 Å². The number of aliphatic hydroxyl groups excluding tert-OH is 1. The largest absolute Gasteiger partial charge is 0.392 e. The lowest BCUT2D eigenvalue weighted by Gasteiger charge is -2.12. The Kier molecular flexibility index (Phi) is 3.78. The Morgan fingerprint density at radius 1 is 1.28 bits per heavy atom. The van der Waals surface area contributed by atoms with E-state index in [-0.39, 0.29) is 23.5 Å². The molecule has 2 rings (SSSR count). The molecule has 1 N–H and O–H groups in total. The van der Waals surface area contributed by atoms with E-state index in [1.165, 1.54) is 11.1 Å². The summed E-state index contributed by atoms with van der Waals surface area (Å²) in [5.41, 5.74) is 3.34. The van der Waals surface area contributed by atoms with Crippen molar-refractivity contribution in [3.05, 3.63) is 34.9 Å². The molecule has 0 spiro atoms. The highest BCUT2D eigenvalue weighted by molar-refractivity contribution is 7.91. The number of aliphatic hydroxyl groups is 1. The fraction of sp³-hybridized carbons (Fsp3) is 0.571. The molecule has 1 aromatic rings. The Labute approximate surface area is 109 Å². The second-order valence-corrected chi connectivity index (χ2v) is 8.02. The molecule has 0 bridgehead atoms. The molecule has 100 valence electrons. The lowest BCUT2D eigenvalue weighted by molar-refractivity contribution is 0.281. The summed E-state index contributed by atoms with van der Waals surface area (Å²) in [6.07, 6.45) is 1.65. The molecule has 0 radical (unpaired) electrons. The number of hydrogen-bond acceptors (Lipinski definition) is 3. The van der Waals surface area contributed by atoms with Gasteiger partial charge in [0, 0.05) is 0 Å². The number of hydrogen-bond donors (Lipinski definition) is 1. The first-order chi connectivity index (χ1) is 8.42. The van der Waals surface area contributed by atoms with Crippen molar-refractivity contribution in [2.75, 3.05) is 5.75 Å². The van der Waals surface area contributed by atoms with Gasteiger partial charge in [0.1, 0.15) is 0 Å². The molecular formula is C14H20O3S. The van der Waals surface area contributed by atoms with Gasteiger partial charge in [-0.1, -0.05) is 18.2 Å². The Bertz CT molecular complexity index is 532. The Balaban J connectivity index is 2.11. The summed E-state index contributed by atoms with van der Waals surface area (Å²) < 4.78 is 23.8. The maximum absolute atomic E-state index is 11.9. The van der Waals surface area contributed by atoms with E-state index in [4.69, 9.17) is 5.11 Å². The summed E-state index contributed by atoms with van der Waals surface area (Å²) in [6, 6.07) is 5.93. The minimum absolute atomic E-state index is 0.0439. The fourth-order valence-corrected chi connectivity index (χ4v) is 3.78. The van der Waals surface area contributed by atoms with Gasteiger partial charge in [-0.05, 0) is 49.3 Å². The first-order valence-electron chi connectivity index (χ1n) is 6.35. The van der Waals surface area contributed by atoms with Crippen LogP contribution in [0, 0.1) is 5.92 Å². The first kappa shape index (κ1) is 13.6. The highest BCUT2D eigenvalue weighted by Gasteiger charge is 2.28. The zero-order valence-corrected chi connectivity index (χ0v) is 11.7. The second kappa shape index (κ2) is 5.02. The van der Waals surface area contributed by atoms with E-state index >= 15 is 0 Å². The van der Waals surface area contributed by atoms with Crippen LogP contribution in [0.25, 0.3) is 0 Å². The minimum Gasteiger partial charge on any atom is -0.392 e. The molecule has 0 fully saturated rings. The van der Waals surface area contributed by atoms with Crippen LogP contribution in [-0.2, 0) is 29.3 Å². The van der Waals surface area contributed by atoms with Gasteiger partial charge in [0.05, 0.1) is 17.6 Å². The van der Waals surface area contributed by atoms with Gasteiger partial charge >= 0.3 is 0 Å². The van der Waals surface area contributed by atoms with Crippen LogP contribution in [0.15, 0.2) is 18.2 Å². The Morgan fingerprint density at radius 3 is 2.56 bits per heavy atom. The van der Waals surface area contributed by atoms with Crippen molar-refractivity contribution >= 4 is 9.84 Å². The highest BCUT2D eigenvalue weighted by atomic mass is 32.2. The van der Waals surface area contributed by atoms with E-state index in [0.717, 1.165) is 18.4 Å². The SMILES string of the molecule is CC(C)S(=O)(=O)C[C@H]1Cc2ccc(CO)cc2C1. The van der Waals surface area contributed by atoms with Gasteiger partial charge in [0.15, 0.2) is 9.84 Å². The lowest BCUT2D eigenvalue weighted by Crippen LogP contribution is -2.23. The maximum atomic E-state index is 11.9. The quantitative estimate of drug-likeness (QED) is 0.904. The molecule has 1 atom stereocenters. The van der Waals surface area contributed by atoms with E-state index in [0.29, 0.717) is 0 Å². The van der Waals surface area contributed by atoms with Crippen molar-refractivity contribution < 1.29 is 13.5 Å². The van der Waals surface area contributed by atoms with E-state index in [9.17, 15) is 8.42 Å². The van der Waals surface area contributed by atoms with Gasteiger partial charge in [-0.15, -0.1) is 0 Å². The average molecular weight is 268 g/mol. The third-order valence-electron chi connectivity index (χ3n) is 3.66. The number of fused-ring (bicyclic) bond motifs is 1. The molecule has 0 aromatic heterocycles. The van der Waals surface area contributed by atoms with Crippen LogP contribution in [0.2, 0.25) is 0 Å². The summed E-state index contributed by atoms with van der Waals surface area (Å²) in [4.78, 5) is 0. The van der Waals surface area contributed by atoms with Crippen molar-refractivity contribution in [2.45, 2.75) is 38.5 Å². The number of benzene rings is 1. The summed E-state index contributed by atoms with van der Waals surface area (Å²) in [5.74, 6) is 0.467. The lowest BCUT2D eigenvalue weighted by atomic mass is 10.1. The third-order valence-corrected chi connectivity index (χ3v) is 6.03. The van der Waals surface area contributed by atoms with Gasteiger partial charge < -0.3 is 5.11 Å². The average Bonchev–Trinajstić information content (AvgIpc) is 2.68. The van der Waals surface area contributed by atoms with Crippen LogP contribution in [0.5, 0.6) is 0 Å². The van der Waals surface area contributed by atoms with Gasteiger partial charge in [-0.3, -0.25) is 0 Å². The van der Waals surface area contributed by atoms with Crippen molar-refractivity contribution in [2.24, 2.45) is 5.92 Å². The first-order valence-corrected chi connectivity index (χ1v) is 8.07. The Hall–Kier alpha value is -0.870. The monoisotopic (exact) mass is 268 g/mol. The molecule has 18 heavy (non-hydrogen) atoms. The molecule has 3 nitrogen and oxygen atoms in total. The Morgan fingerprint density at radius 2 is 1.94 bits per heavy atom. The van der Waals surface area contributed by atoms with Crippen molar-refractivity contribution in [3.63, 3.8) is 0 Å².